The molecule has 0 bridgehead atoms. The summed E-state index contributed by atoms with van der Waals surface area (Å²) in [7, 11) is -0.491. The molecule has 1 aromatic heterocycles. The van der Waals surface area contributed by atoms with E-state index < -0.39 is 12.4 Å². The second-order valence-corrected chi connectivity index (χ2v) is 5.82. The minimum Gasteiger partial charge on any atom is -0.408 e. The average molecular weight is 290 g/mol. The van der Waals surface area contributed by atoms with Crippen LogP contribution in [0, 0.1) is 11.3 Å². The first kappa shape index (κ1) is 13.5. The maximum absolute atomic E-state index is 10.1. The summed E-state index contributed by atoms with van der Waals surface area (Å²) in [5.74, 6) is -0.0782. The van der Waals surface area contributed by atoms with Crippen LogP contribution in [0.15, 0.2) is 48.8 Å². The molecule has 0 saturated carbocycles. The Hall–Kier alpha value is -2.16. The highest BCUT2D eigenvalue weighted by Gasteiger charge is 2.58. The normalized spacial score (nSPS) is 26.7. The fraction of sp³-hybridized carbons (Fsp3) is 0.294. The van der Waals surface area contributed by atoms with E-state index in [1.54, 1.807) is 6.20 Å². The fourth-order valence-corrected chi connectivity index (χ4v) is 3.73. The van der Waals surface area contributed by atoms with Crippen LogP contribution < -0.4 is 0 Å². The van der Waals surface area contributed by atoms with Crippen LogP contribution >= 0.6 is 0 Å². The van der Waals surface area contributed by atoms with Gasteiger partial charge in [-0.2, -0.15) is 5.26 Å². The van der Waals surface area contributed by atoms with Crippen molar-refractivity contribution in [2.75, 3.05) is 13.2 Å². The molecule has 0 N–H and O–H groups in total. The fourth-order valence-electron chi connectivity index (χ4n) is 3.73. The van der Waals surface area contributed by atoms with Gasteiger partial charge in [0.1, 0.15) is 5.31 Å². The van der Waals surface area contributed by atoms with E-state index in [1.165, 1.54) is 11.1 Å². The second kappa shape index (κ2) is 5.24. The number of fused-ring (bicyclic) bond motifs is 1. The lowest BCUT2D eigenvalue weighted by atomic mass is 9.51. The molecule has 2 atom stereocenters. The molecule has 1 aromatic carbocycles. The quantitative estimate of drug-likeness (QED) is 0.798. The first-order valence-electron chi connectivity index (χ1n) is 7.47. The van der Waals surface area contributed by atoms with Crippen molar-refractivity contribution in [3.8, 4) is 6.07 Å². The lowest BCUT2D eigenvalue weighted by Gasteiger charge is -2.30. The first-order valence-corrected chi connectivity index (χ1v) is 7.47. The van der Waals surface area contributed by atoms with Crippen molar-refractivity contribution in [3.63, 3.8) is 0 Å². The molecule has 2 aromatic rings. The SMILES string of the molecule is N#CC1(B2OCCO2)Cc2ccccc2C1c1cccnc1. The van der Waals surface area contributed by atoms with Gasteiger partial charge < -0.3 is 9.31 Å². The summed E-state index contributed by atoms with van der Waals surface area (Å²) in [6.07, 6.45) is 4.23. The monoisotopic (exact) mass is 290 g/mol. The highest BCUT2D eigenvalue weighted by atomic mass is 16.6. The van der Waals surface area contributed by atoms with E-state index in [1.807, 2.05) is 30.5 Å². The number of benzene rings is 1. The number of pyridine rings is 1. The Balaban J connectivity index is 1.89. The number of hydrogen-bond donors (Lipinski definition) is 0. The summed E-state index contributed by atoms with van der Waals surface area (Å²) >= 11 is 0. The Labute approximate surface area is 129 Å². The molecule has 0 spiro atoms. The first-order chi connectivity index (χ1) is 10.8. The Morgan fingerprint density at radius 1 is 1.18 bits per heavy atom. The molecule has 22 heavy (non-hydrogen) atoms. The molecule has 4 nitrogen and oxygen atoms in total. The molecule has 108 valence electrons. The van der Waals surface area contributed by atoms with Gasteiger partial charge in [0.2, 0.25) is 0 Å². The van der Waals surface area contributed by atoms with Crippen LogP contribution in [0.4, 0.5) is 0 Å². The standard InChI is InChI=1S/C17H15BN2O2/c19-12-17(18-21-8-9-22-18)10-13-4-1-2-6-15(13)16(17)14-5-3-7-20-11-14/h1-7,11,16H,8-10H2. The van der Waals surface area contributed by atoms with Crippen LogP contribution in [-0.4, -0.2) is 25.3 Å². The molecule has 1 fully saturated rings. The van der Waals surface area contributed by atoms with Crippen LogP contribution in [0.5, 0.6) is 0 Å². The zero-order valence-corrected chi connectivity index (χ0v) is 12.1. The van der Waals surface area contributed by atoms with Crippen molar-refractivity contribution in [2.24, 2.45) is 0 Å². The summed E-state index contributed by atoms with van der Waals surface area (Å²) in [6.45, 7) is 1.09. The molecule has 2 aliphatic rings. The van der Waals surface area contributed by atoms with Crippen LogP contribution in [0.3, 0.4) is 0 Å². The molecule has 0 amide bonds. The van der Waals surface area contributed by atoms with Crippen molar-refractivity contribution < 1.29 is 9.31 Å². The minimum atomic E-state index is -0.733. The molecule has 2 heterocycles. The van der Waals surface area contributed by atoms with Gasteiger partial charge in [-0.1, -0.05) is 30.3 Å². The van der Waals surface area contributed by atoms with Crippen LogP contribution in [-0.2, 0) is 15.7 Å². The molecule has 0 radical (unpaired) electrons. The van der Waals surface area contributed by atoms with Gasteiger partial charge in [0.15, 0.2) is 0 Å². The van der Waals surface area contributed by atoms with Crippen molar-refractivity contribution in [3.05, 3.63) is 65.5 Å². The van der Waals surface area contributed by atoms with Crippen LogP contribution in [0.25, 0.3) is 0 Å². The Bertz CT molecular complexity index is 725. The predicted molar refractivity (Wildman–Crippen MR) is 82.2 cm³/mol. The van der Waals surface area contributed by atoms with Crippen molar-refractivity contribution in [2.45, 2.75) is 17.7 Å². The Kier molecular flexibility index (Phi) is 3.22. The van der Waals surface area contributed by atoms with Gasteiger partial charge in [-0.15, -0.1) is 0 Å². The third-order valence-electron chi connectivity index (χ3n) is 4.63. The molecular formula is C17H15BN2O2. The average Bonchev–Trinajstić information content (AvgIpc) is 3.21. The highest BCUT2D eigenvalue weighted by Crippen LogP contribution is 2.57. The van der Waals surface area contributed by atoms with E-state index in [9.17, 15) is 5.26 Å². The van der Waals surface area contributed by atoms with E-state index in [4.69, 9.17) is 9.31 Å². The van der Waals surface area contributed by atoms with Crippen molar-refractivity contribution in [1.82, 2.24) is 4.98 Å². The summed E-state index contributed by atoms with van der Waals surface area (Å²) < 4.78 is 11.5. The summed E-state index contributed by atoms with van der Waals surface area (Å²) in [6, 6.07) is 14.7. The second-order valence-electron chi connectivity index (χ2n) is 5.82. The lowest BCUT2D eigenvalue weighted by molar-refractivity contribution is 0.331. The van der Waals surface area contributed by atoms with Crippen molar-refractivity contribution >= 4 is 7.12 Å². The Morgan fingerprint density at radius 2 is 2.00 bits per heavy atom. The number of rotatable bonds is 2. The molecule has 1 aliphatic heterocycles. The topological polar surface area (TPSA) is 55.1 Å². The van der Waals surface area contributed by atoms with Crippen LogP contribution in [0.2, 0.25) is 5.31 Å². The van der Waals surface area contributed by atoms with Gasteiger partial charge in [0, 0.05) is 18.3 Å². The maximum Gasteiger partial charge on any atom is 0.480 e. The van der Waals surface area contributed by atoms with Gasteiger partial charge in [0.25, 0.3) is 0 Å². The van der Waals surface area contributed by atoms with Gasteiger partial charge in [-0.05, 0) is 29.2 Å². The minimum absolute atomic E-state index is 0.0782. The molecular weight excluding hydrogens is 275 g/mol. The highest BCUT2D eigenvalue weighted by molar-refractivity contribution is 6.51. The van der Waals surface area contributed by atoms with Crippen LogP contribution in [0.1, 0.15) is 22.6 Å². The van der Waals surface area contributed by atoms with Crippen molar-refractivity contribution in [1.29, 1.82) is 5.26 Å². The van der Waals surface area contributed by atoms with E-state index >= 15 is 0 Å². The Morgan fingerprint density at radius 3 is 2.73 bits per heavy atom. The van der Waals surface area contributed by atoms with Gasteiger partial charge in [0.05, 0.1) is 19.3 Å². The molecule has 4 rings (SSSR count). The largest absolute Gasteiger partial charge is 0.480 e. The van der Waals surface area contributed by atoms with E-state index in [0.717, 1.165) is 5.56 Å². The zero-order valence-electron chi connectivity index (χ0n) is 12.1. The van der Waals surface area contributed by atoms with Gasteiger partial charge >= 0.3 is 7.12 Å². The van der Waals surface area contributed by atoms with Gasteiger partial charge in [-0.25, -0.2) is 0 Å². The molecule has 1 saturated heterocycles. The molecule has 2 unspecified atom stereocenters. The summed E-state index contributed by atoms with van der Waals surface area (Å²) in [5, 5.41) is 9.32. The third-order valence-corrected chi connectivity index (χ3v) is 4.63. The number of nitriles is 1. The lowest BCUT2D eigenvalue weighted by Crippen LogP contribution is -2.37. The zero-order chi connectivity index (χ0) is 15.0. The van der Waals surface area contributed by atoms with E-state index in [0.29, 0.717) is 19.6 Å². The smallest absolute Gasteiger partial charge is 0.408 e. The van der Waals surface area contributed by atoms with E-state index in [2.05, 4.69) is 23.2 Å². The summed E-state index contributed by atoms with van der Waals surface area (Å²) in [5.41, 5.74) is 3.40. The third kappa shape index (κ3) is 1.88. The number of aromatic nitrogens is 1. The molecule has 5 heteroatoms. The molecule has 1 aliphatic carbocycles. The predicted octanol–water partition coefficient (Wildman–Crippen LogP) is 2.57. The van der Waals surface area contributed by atoms with Gasteiger partial charge in [-0.3, -0.25) is 4.98 Å². The summed E-state index contributed by atoms with van der Waals surface area (Å²) in [4.78, 5) is 4.24. The number of nitrogens with zero attached hydrogens (tertiary/aromatic N) is 2. The maximum atomic E-state index is 10.1. The number of hydrogen-bond acceptors (Lipinski definition) is 4. The van der Waals surface area contributed by atoms with E-state index in [-0.39, 0.29) is 5.92 Å².